The lowest BCUT2D eigenvalue weighted by Crippen LogP contribution is -2.48. The van der Waals surface area contributed by atoms with E-state index in [4.69, 9.17) is 4.74 Å². The third kappa shape index (κ3) is 5.16. The first-order valence-electron chi connectivity index (χ1n) is 12.6. The van der Waals surface area contributed by atoms with Gasteiger partial charge in [0.2, 0.25) is 5.91 Å². The summed E-state index contributed by atoms with van der Waals surface area (Å²) in [5, 5.41) is 2.06. The summed E-state index contributed by atoms with van der Waals surface area (Å²) in [6, 6.07) is 15.9. The second-order valence-electron chi connectivity index (χ2n) is 9.83. The predicted molar refractivity (Wildman–Crippen MR) is 139 cm³/mol. The largest absolute Gasteiger partial charge is 0.491 e. The summed E-state index contributed by atoms with van der Waals surface area (Å²) >= 11 is 1.70. The lowest BCUT2D eigenvalue weighted by atomic mass is 10.00. The number of fused-ring (bicyclic) bond motifs is 1. The van der Waals surface area contributed by atoms with Crippen molar-refractivity contribution in [3.05, 3.63) is 87.4 Å². The van der Waals surface area contributed by atoms with Crippen molar-refractivity contribution in [2.45, 2.75) is 51.1 Å². The normalized spacial score (nSPS) is 17.1. The van der Waals surface area contributed by atoms with E-state index in [0.29, 0.717) is 19.1 Å². The molecule has 1 aliphatic heterocycles. The molecule has 0 bridgehead atoms. The minimum absolute atomic E-state index is 0.0145. The second kappa shape index (κ2) is 10.4. The Balaban J connectivity index is 1.33. The van der Waals surface area contributed by atoms with Gasteiger partial charge in [-0.15, -0.1) is 11.3 Å². The molecule has 188 valence electrons. The number of thiophene rings is 1. The van der Waals surface area contributed by atoms with Gasteiger partial charge in [0.1, 0.15) is 24.7 Å². The molecule has 2 amide bonds. The van der Waals surface area contributed by atoms with Crippen LogP contribution in [0.5, 0.6) is 5.75 Å². The summed E-state index contributed by atoms with van der Waals surface area (Å²) in [6.07, 6.45) is 2.45. The molecule has 1 aliphatic carbocycles. The van der Waals surface area contributed by atoms with Crippen LogP contribution < -0.4 is 4.74 Å². The van der Waals surface area contributed by atoms with Gasteiger partial charge in [-0.1, -0.05) is 38.1 Å². The number of carbonyl (C=O) groups excluding carboxylic acids is 2. The highest BCUT2D eigenvalue weighted by Crippen LogP contribution is 2.35. The van der Waals surface area contributed by atoms with Gasteiger partial charge in [0, 0.05) is 17.5 Å². The van der Waals surface area contributed by atoms with E-state index in [0.717, 1.165) is 30.6 Å². The van der Waals surface area contributed by atoms with Crippen molar-refractivity contribution in [1.82, 2.24) is 9.80 Å². The number of carbonyl (C=O) groups is 2. The molecule has 2 heterocycles. The van der Waals surface area contributed by atoms with Crippen molar-refractivity contribution in [3.63, 3.8) is 0 Å². The maximum Gasteiger partial charge on any atom is 0.257 e. The molecule has 1 fully saturated rings. The van der Waals surface area contributed by atoms with E-state index >= 15 is 0 Å². The topological polar surface area (TPSA) is 49.9 Å². The van der Waals surface area contributed by atoms with Crippen LogP contribution in [0.15, 0.2) is 60.0 Å². The molecule has 3 aromatic rings. The molecule has 1 aromatic heterocycles. The van der Waals surface area contributed by atoms with Gasteiger partial charge >= 0.3 is 0 Å². The Labute approximate surface area is 215 Å². The molecule has 2 aliphatic rings. The van der Waals surface area contributed by atoms with Crippen LogP contribution in [-0.4, -0.2) is 47.4 Å². The second-order valence-corrected chi connectivity index (χ2v) is 10.8. The minimum atomic E-state index is -0.559. The molecule has 0 N–H and O–H groups in total. The van der Waals surface area contributed by atoms with E-state index in [-0.39, 0.29) is 30.1 Å². The number of hydrogen-bond acceptors (Lipinski definition) is 4. The van der Waals surface area contributed by atoms with Crippen molar-refractivity contribution < 1.29 is 18.7 Å². The molecule has 0 radical (unpaired) electrons. The zero-order valence-electron chi connectivity index (χ0n) is 20.7. The van der Waals surface area contributed by atoms with E-state index in [2.05, 4.69) is 37.4 Å². The van der Waals surface area contributed by atoms with Crippen LogP contribution in [0, 0.1) is 5.82 Å². The van der Waals surface area contributed by atoms with Crippen molar-refractivity contribution in [2.24, 2.45) is 0 Å². The van der Waals surface area contributed by atoms with Crippen molar-refractivity contribution in [1.29, 1.82) is 0 Å². The summed E-state index contributed by atoms with van der Waals surface area (Å²) < 4.78 is 20.5. The molecule has 7 heteroatoms. The predicted octanol–water partition coefficient (Wildman–Crippen LogP) is 5.82. The number of ether oxygens (including phenoxy) is 1. The smallest absolute Gasteiger partial charge is 0.257 e. The Hall–Kier alpha value is -3.19. The highest BCUT2D eigenvalue weighted by atomic mass is 32.1. The molecule has 1 unspecified atom stereocenters. The summed E-state index contributed by atoms with van der Waals surface area (Å²) in [5.41, 5.74) is 2.37. The van der Waals surface area contributed by atoms with Crippen LogP contribution in [0.25, 0.3) is 0 Å². The van der Waals surface area contributed by atoms with Gasteiger partial charge in [0.25, 0.3) is 5.91 Å². The lowest BCUT2D eigenvalue weighted by Gasteiger charge is -2.37. The summed E-state index contributed by atoms with van der Waals surface area (Å²) in [7, 11) is 0. The molecule has 5 nitrogen and oxygen atoms in total. The quantitative estimate of drug-likeness (QED) is 0.387. The van der Waals surface area contributed by atoms with Crippen LogP contribution in [0.3, 0.4) is 0 Å². The van der Waals surface area contributed by atoms with Crippen LogP contribution >= 0.6 is 11.3 Å². The standard InChI is InChI=1S/C29H31FN2O3S/c1-19(2)20-7-11-22(12-8-20)35-18-26-24-14-16-36-27(24)13-15-31(26)28(33)17-32(21-9-10-21)29(34)23-5-3-4-6-25(23)30/h3-8,11-12,14,16,19,21,26H,9-10,13,15,17-18H2,1-2H3. The fourth-order valence-corrected chi connectivity index (χ4v) is 5.71. The van der Waals surface area contributed by atoms with Crippen molar-refractivity contribution >= 4 is 23.2 Å². The fraction of sp³-hybridized carbons (Fsp3) is 0.379. The maximum absolute atomic E-state index is 14.3. The first-order valence-corrected chi connectivity index (χ1v) is 13.4. The third-order valence-corrected chi connectivity index (χ3v) is 8.02. The first kappa shape index (κ1) is 24.5. The SMILES string of the molecule is CC(C)c1ccc(OCC2c3ccsc3CCN2C(=O)CN(C(=O)c2ccccc2F)C2CC2)cc1. The van der Waals surface area contributed by atoms with Gasteiger partial charge in [-0.25, -0.2) is 4.39 Å². The first-order chi connectivity index (χ1) is 17.4. The van der Waals surface area contributed by atoms with Crippen LogP contribution in [-0.2, 0) is 11.2 Å². The zero-order valence-corrected chi connectivity index (χ0v) is 21.5. The average molecular weight is 507 g/mol. The number of benzene rings is 2. The molecular weight excluding hydrogens is 475 g/mol. The Morgan fingerprint density at radius 2 is 1.86 bits per heavy atom. The number of nitrogens with zero attached hydrogens (tertiary/aromatic N) is 2. The average Bonchev–Trinajstić information content (AvgIpc) is 3.61. The molecule has 2 aromatic carbocycles. The number of rotatable bonds is 8. The van der Waals surface area contributed by atoms with Crippen LogP contribution in [0.4, 0.5) is 4.39 Å². The van der Waals surface area contributed by atoms with E-state index in [1.54, 1.807) is 28.4 Å². The molecule has 1 atom stereocenters. The maximum atomic E-state index is 14.3. The van der Waals surface area contributed by atoms with Gasteiger partial charge in [-0.05, 0) is 72.0 Å². The summed E-state index contributed by atoms with van der Waals surface area (Å²) in [5.74, 6) is 0.0995. The van der Waals surface area contributed by atoms with E-state index < -0.39 is 11.7 Å². The Morgan fingerprint density at radius 1 is 1.11 bits per heavy atom. The molecule has 1 saturated carbocycles. The Morgan fingerprint density at radius 3 is 2.56 bits per heavy atom. The molecule has 0 saturated heterocycles. The number of amides is 2. The van der Waals surface area contributed by atoms with Crippen molar-refractivity contribution in [3.8, 4) is 5.75 Å². The zero-order chi connectivity index (χ0) is 25.2. The Bertz CT molecular complexity index is 1240. The van der Waals surface area contributed by atoms with E-state index in [1.165, 1.54) is 22.6 Å². The van der Waals surface area contributed by atoms with Crippen LogP contribution in [0.1, 0.15) is 65.0 Å². The van der Waals surface area contributed by atoms with E-state index in [1.807, 2.05) is 17.0 Å². The van der Waals surface area contributed by atoms with Gasteiger partial charge in [-0.3, -0.25) is 9.59 Å². The van der Waals surface area contributed by atoms with Crippen LogP contribution in [0.2, 0.25) is 0 Å². The minimum Gasteiger partial charge on any atom is -0.491 e. The van der Waals surface area contributed by atoms with Crippen molar-refractivity contribution in [2.75, 3.05) is 19.7 Å². The highest BCUT2D eigenvalue weighted by molar-refractivity contribution is 7.10. The fourth-order valence-electron chi connectivity index (χ4n) is 4.78. The lowest BCUT2D eigenvalue weighted by molar-refractivity contribution is -0.135. The van der Waals surface area contributed by atoms with Gasteiger partial charge < -0.3 is 14.5 Å². The molecule has 0 spiro atoms. The highest BCUT2D eigenvalue weighted by Gasteiger charge is 2.38. The van der Waals surface area contributed by atoms with Gasteiger partial charge in [-0.2, -0.15) is 0 Å². The third-order valence-electron chi connectivity index (χ3n) is 7.03. The van der Waals surface area contributed by atoms with E-state index in [9.17, 15) is 14.0 Å². The Kier molecular flexibility index (Phi) is 7.10. The van der Waals surface area contributed by atoms with Gasteiger partial charge in [0.05, 0.1) is 11.6 Å². The summed E-state index contributed by atoms with van der Waals surface area (Å²) in [4.78, 5) is 31.5. The number of hydrogen-bond donors (Lipinski definition) is 0. The van der Waals surface area contributed by atoms with Gasteiger partial charge in [0.15, 0.2) is 0 Å². The summed E-state index contributed by atoms with van der Waals surface area (Å²) in [6.45, 7) is 5.15. The molecule has 36 heavy (non-hydrogen) atoms. The number of halogens is 1. The molecule has 5 rings (SSSR count). The monoisotopic (exact) mass is 506 g/mol. The molecular formula is C29H31FN2O3S.